The molecule has 1 heterocycles. The Morgan fingerprint density at radius 3 is 2.33 bits per heavy atom. The zero-order chi connectivity index (χ0) is 23.2. The lowest BCUT2D eigenvalue weighted by Crippen LogP contribution is -2.31. The van der Waals surface area contributed by atoms with E-state index in [-0.39, 0.29) is 44.2 Å². The number of hydrogen-bond donors (Lipinski definition) is 3. The van der Waals surface area contributed by atoms with Crippen molar-refractivity contribution in [1.82, 2.24) is 10.6 Å². The first-order valence-corrected chi connectivity index (χ1v) is 10.9. The number of ether oxygens (including phenoxy) is 2. The van der Waals surface area contributed by atoms with Gasteiger partial charge in [0.15, 0.2) is 0 Å². The molecule has 4 rings (SSSR count). The van der Waals surface area contributed by atoms with E-state index < -0.39 is 18.0 Å². The largest absolute Gasteiger partial charge is 0.481 e. The Morgan fingerprint density at radius 1 is 1.03 bits per heavy atom. The lowest BCUT2D eigenvalue weighted by Gasteiger charge is -2.14. The first kappa shape index (κ1) is 22.5. The van der Waals surface area contributed by atoms with Crippen LogP contribution < -0.4 is 10.6 Å². The summed E-state index contributed by atoms with van der Waals surface area (Å²) in [5.74, 6) is -1.76. The topological polar surface area (TPSA) is 114 Å². The fourth-order valence-electron chi connectivity index (χ4n) is 4.25. The number of fused-ring (bicyclic) bond motifs is 3. The van der Waals surface area contributed by atoms with Crippen LogP contribution in [0.5, 0.6) is 0 Å². The molecule has 33 heavy (non-hydrogen) atoms. The van der Waals surface area contributed by atoms with Gasteiger partial charge in [0, 0.05) is 25.1 Å². The van der Waals surface area contributed by atoms with Gasteiger partial charge in [-0.1, -0.05) is 54.6 Å². The summed E-state index contributed by atoms with van der Waals surface area (Å²) in [6.45, 7) is 0.774. The van der Waals surface area contributed by atoms with E-state index in [2.05, 4.69) is 34.9 Å². The highest BCUT2D eigenvalue weighted by Gasteiger charge is 2.31. The first-order valence-electron chi connectivity index (χ1n) is 10.9. The molecular weight excluding hydrogens is 424 g/mol. The van der Waals surface area contributed by atoms with Crippen molar-refractivity contribution in [3.63, 3.8) is 0 Å². The molecule has 2 aliphatic rings. The van der Waals surface area contributed by atoms with Crippen molar-refractivity contribution < 1.29 is 29.0 Å². The van der Waals surface area contributed by atoms with Crippen LogP contribution in [0.3, 0.4) is 0 Å². The molecule has 3 N–H and O–H groups in total. The average Bonchev–Trinajstić information content (AvgIpc) is 3.42. The minimum Gasteiger partial charge on any atom is -0.481 e. The molecule has 0 radical (unpaired) electrons. The highest BCUT2D eigenvalue weighted by Crippen LogP contribution is 2.44. The number of hydrogen-bond acceptors (Lipinski definition) is 5. The van der Waals surface area contributed by atoms with Crippen molar-refractivity contribution in [1.29, 1.82) is 0 Å². The number of carboxylic acids is 1. The van der Waals surface area contributed by atoms with Crippen LogP contribution in [0.25, 0.3) is 11.1 Å². The van der Waals surface area contributed by atoms with Crippen LogP contribution in [0, 0.1) is 5.92 Å². The molecule has 0 bridgehead atoms. The van der Waals surface area contributed by atoms with E-state index >= 15 is 0 Å². The lowest BCUT2D eigenvalue weighted by atomic mass is 9.98. The zero-order valence-electron chi connectivity index (χ0n) is 18.0. The molecule has 2 aromatic carbocycles. The number of aliphatic carboxylic acids is 1. The molecule has 1 fully saturated rings. The number of alkyl carbamates (subject to hydrolysis) is 1. The molecule has 1 aliphatic carbocycles. The van der Waals surface area contributed by atoms with Crippen molar-refractivity contribution in [2.75, 3.05) is 26.3 Å². The van der Waals surface area contributed by atoms with Crippen molar-refractivity contribution in [3.8, 4) is 11.1 Å². The molecule has 0 aromatic heterocycles. The van der Waals surface area contributed by atoms with Gasteiger partial charge in [-0.05, 0) is 28.7 Å². The van der Waals surface area contributed by atoms with Crippen LogP contribution in [0.4, 0.5) is 4.79 Å². The fourth-order valence-corrected chi connectivity index (χ4v) is 4.25. The van der Waals surface area contributed by atoms with Gasteiger partial charge in [0.1, 0.15) is 6.61 Å². The molecule has 8 nitrogen and oxygen atoms in total. The molecule has 2 aromatic rings. The summed E-state index contributed by atoms with van der Waals surface area (Å²) in [5.41, 5.74) is 4.61. The Balaban J connectivity index is 1.18. The SMILES string of the molecule is O=C(/C=C/CNC(=O)OCC1c2ccccc2-c2ccccc21)NC[C@H]1C[C@@H](C(=O)O)CO1. The summed E-state index contributed by atoms with van der Waals surface area (Å²) in [5, 5.41) is 14.2. The predicted octanol–water partition coefficient (Wildman–Crippen LogP) is 2.69. The zero-order valence-corrected chi connectivity index (χ0v) is 18.0. The summed E-state index contributed by atoms with van der Waals surface area (Å²) in [6.07, 6.45) is 2.35. The Bertz CT molecular complexity index is 1020. The summed E-state index contributed by atoms with van der Waals surface area (Å²) in [6, 6.07) is 16.2. The third-order valence-electron chi connectivity index (χ3n) is 5.91. The van der Waals surface area contributed by atoms with Gasteiger partial charge in [-0.15, -0.1) is 0 Å². The van der Waals surface area contributed by atoms with E-state index in [0.29, 0.717) is 6.42 Å². The lowest BCUT2D eigenvalue weighted by molar-refractivity contribution is -0.141. The van der Waals surface area contributed by atoms with Gasteiger partial charge in [-0.3, -0.25) is 9.59 Å². The summed E-state index contributed by atoms with van der Waals surface area (Å²) < 4.78 is 10.8. The molecule has 1 aliphatic heterocycles. The van der Waals surface area contributed by atoms with Crippen LogP contribution in [0.1, 0.15) is 23.5 Å². The van der Waals surface area contributed by atoms with Gasteiger partial charge < -0.3 is 25.2 Å². The van der Waals surface area contributed by atoms with Gasteiger partial charge in [0.05, 0.1) is 18.6 Å². The summed E-state index contributed by atoms with van der Waals surface area (Å²) in [7, 11) is 0. The van der Waals surface area contributed by atoms with Gasteiger partial charge >= 0.3 is 12.1 Å². The highest BCUT2D eigenvalue weighted by molar-refractivity contribution is 5.87. The van der Waals surface area contributed by atoms with Crippen LogP contribution in [0.15, 0.2) is 60.7 Å². The van der Waals surface area contributed by atoms with Crippen molar-refractivity contribution >= 4 is 18.0 Å². The Labute approximate surface area is 191 Å². The highest BCUT2D eigenvalue weighted by atomic mass is 16.5. The standard InChI is InChI=1S/C25H26N2O6/c28-23(27-13-17-12-16(14-32-17)24(29)30)10-5-11-26-25(31)33-15-22-20-8-3-1-6-18(20)19-7-2-4-9-21(19)22/h1-10,16-17,22H,11-15H2,(H,26,31)(H,27,28)(H,29,30)/b10-5+/t16-,17-/m1/s1. The number of carbonyl (C=O) groups is 3. The maximum atomic E-state index is 12.1. The van der Waals surface area contributed by atoms with Gasteiger partial charge in [-0.2, -0.15) is 0 Å². The number of carboxylic acid groups (broad SMARTS) is 1. The Kier molecular flexibility index (Phi) is 7.04. The number of nitrogens with one attached hydrogen (secondary N) is 2. The Morgan fingerprint density at radius 2 is 1.70 bits per heavy atom. The molecule has 0 spiro atoms. The number of carbonyl (C=O) groups excluding carboxylic acids is 2. The predicted molar refractivity (Wildman–Crippen MR) is 121 cm³/mol. The van der Waals surface area contributed by atoms with Gasteiger partial charge in [-0.25, -0.2) is 4.79 Å². The smallest absolute Gasteiger partial charge is 0.407 e. The second-order valence-corrected chi connectivity index (χ2v) is 8.08. The molecule has 2 amide bonds. The van der Waals surface area contributed by atoms with Gasteiger partial charge in [0.2, 0.25) is 5.91 Å². The fraction of sp³-hybridized carbons (Fsp3) is 0.320. The molecule has 0 saturated carbocycles. The molecule has 8 heteroatoms. The quantitative estimate of drug-likeness (QED) is 0.533. The first-order chi connectivity index (χ1) is 16.0. The molecule has 1 saturated heterocycles. The van der Waals surface area contributed by atoms with Crippen molar-refractivity contribution in [3.05, 3.63) is 71.8 Å². The van der Waals surface area contributed by atoms with Crippen LogP contribution in [-0.4, -0.2) is 55.5 Å². The van der Waals surface area contributed by atoms with Gasteiger partial charge in [0.25, 0.3) is 0 Å². The normalized spacial score (nSPS) is 19.2. The number of amides is 2. The minimum atomic E-state index is -0.886. The van der Waals surface area contributed by atoms with Crippen molar-refractivity contribution in [2.24, 2.45) is 5.92 Å². The third kappa shape index (κ3) is 5.40. The van der Waals surface area contributed by atoms with E-state index in [4.69, 9.17) is 14.6 Å². The van der Waals surface area contributed by atoms with Crippen molar-refractivity contribution in [2.45, 2.75) is 18.4 Å². The second kappa shape index (κ2) is 10.3. The van der Waals surface area contributed by atoms with E-state index in [0.717, 1.165) is 22.3 Å². The van der Waals surface area contributed by atoms with Crippen LogP contribution in [-0.2, 0) is 19.1 Å². The molecule has 2 atom stereocenters. The third-order valence-corrected chi connectivity index (χ3v) is 5.91. The monoisotopic (exact) mass is 450 g/mol. The molecule has 172 valence electrons. The minimum absolute atomic E-state index is 0.0111. The van der Waals surface area contributed by atoms with E-state index in [1.807, 2.05) is 24.3 Å². The Hall–Kier alpha value is -3.65. The molecule has 0 unspecified atom stereocenters. The van der Waals surface area contributed by atoms with E-state index in [1.165, 1.54) is 12.2 Å². The van der Waals surface area contributed by atoms with Crippen LogP contribution >= 0.6 is 0 Å². The van der Waals surface area contributed by atoms with E-state index in [1.54, 1.807) is 0 Å². The van der Waals surface area contributed by atoms with Crippen LogP contribution in [0.2, 0.25) is 0 Å². The average molecular weight is 450 g/mol. The maximum absolute atomic E-state index is 12.1. The summed E-state index contributed by atoms with van der Waals surface area (Å²) in [4.78, 5) is 34.9. The maximum Gasteiger partial charge on any atom is 0.407 e. The number of benzene rings is 2. The second-order valence-electron chi connectivity index (χ2n) is 8.08. The van der Waals surface area contributed by atoms with E-state index in [9.17, 15) is 14.4 Å². The number of rotatable bonds is 8. The molecular formula is C25H26N2O6. The summed E-state index contributed by atoms with van der Waals surface area (Å²) >= 11 is 0.